The van der Waals surface area contributed by atoms with Gasteiger partial charge in [-0.15, -0.1) is 11.3 Å². The van der Waals surface area contributed by atoms with E-state index in [1.54, 1.807) is 5.38 Å². The lowest BCUT2D eigenvalue weighted by Crippen LogP contribution is -2.32. The fraction of sp³-hybridized carbons (Fsp3) is 0.350. The zero-order valence-corrected chi connectivity index (χ0v) is 18.6. The fourth-order valence-corrected chi connectivity index (χ4v) is 5.48. The second-order valence-corrected chi connectivity index (χ2v) is 9.76. The lowest BCUT2D eigenvalue weighted by atomic mass is 10.2. The van der Waals surface area contributed by atoms with Gasteiger partial charge < -0.3 is 10.1 Å². The molecule has 1 fully saturated rings. The first-order valence-corrected chi connectivity index (χ1v) is 12.0. The van der Waals surface area contributed by atoms with Crippen molar-refractivity contribution in [2.24, 2.45) is 0 Å². The number of hydrogen-bond acceptors (Lipinski definition) is 7. The van der Waals surface area contributed by atoms with Crippen molar-refractivity contribution in [2.45, 2.75) is 30.6 Å². The molecule has 31 heavy (non-hydrogen) atoms. The second kappa shape index (κ2) is 10.0. The quantitative estimate of drug-likeness (QED) is 0.700. The highest BCUT2D eigenvalue weighted by molar-refractivity contribution is 7.89. The molecule has 0 saturated carbocycles. The lowest BCUT2D eigenvalue weighted by Gasteiger charge is -2.20. The van der Waals surface area contributed by atoms with E-state index in [1.165, 1.54) is 34.6 Å². The highest BCUT2D eigenvalue weighted by Crippen LogP contribution is 2.25. The van der Waals surface area contributed by atoms with E-state index in [9.17, 15) is 22.8 Å². The molecule has 3 amide bonds. The summed E-state index contributed by atoms with van der Waals surface area (Å²) in [6, 6.07) is 7.15. The molecular weight excluding hydrogens is 442 g/mol. The highest BCUT2D eigenvalue weighted by Gasteiger charge is 2.25. The van der Waals surface area contributed by atoms with Crippen molar-refractivity contribution >= 4 is 44.3 Å². The van der Waals surface area contributed by atoms with Crippen LogP contribution in [0.25, 0.3) is 0 Å². The summed E-state index contributed by atoms with van der Waals surface area (Å²) in [6.07, 6.45) is 2.81. The molecular formula is C20H23N3O6S2. The van der Waals surface area contributed by atoms with Gasteiger partial charge in [-0.2, -0.15) is 4.31 Å². The summed E-state index contributed by atoms with van der Waals surface area (Å²) in [5.41, 5.74) is 0.353. The van der Waals surface area contributed by atoms with Crippen LogP contribution in [0.15, 0.2) is 40.6 Å². The van der Waals surface area contributed by atoms with Gasteiger partial charge in [-0.3, -0.25) is 14.9 Å². The molecule has 166 valence electrons. The van der Waals surface area contributed by atoms with Crippen molar-refractivity contribution in [3.63, 3.8) is 0 Å². The van der Waals surface area contributed by atoms with Crippen molar-refractivity contribution in [1.82, 2.24) is 9.62 Å². The number of hydrogen-bond donors (Lipinski definition) is 2. The molecule has 3 rings (SSSR count). The van der Waals surface area contributed by atoms with Crippen molar-refractivity contribution in [3.8, 4) is 0 Å². The van der Waals surface area contributed by atoms with Gasteiger partial charge in [0.2, 0.25) is 10.0 Å². The Morgan fingerprint density at radius 1 is 0.968 bits per heavy atom. The lowest BCUT2D eigenvalue weighted by molar-refractivity contribution is 0.0938. The Morgan fingerprint density at radius 2 is 1.61 bits per heavy atom. The van der Waals surface area contributed by atoms with E-state index in [1.807, 2.05) is 5.32 Å². The van der Waals surface area contributed by atoms with Crippen LogP contribution in [0.3, 0.4) is 0 Å². The number of ether oxygens (including phenoxy) is 1. The van der Waals surface area contributed by atoms with E-state index < -0.39 is 27.9 Å². The van der Waals surface area contributed by atoms with Crippen LogP contribution >= 0.6 is 11.3 Å². The molecule has 2 N–H and O–H groups in total. The smallest absolute Gasteiger partial charge is 0.413 e. The number of methoxy groups -OCH3 is 1. The molecule has 1 saturated heterocycles. The molecule has 2 aromatic rings. The molecule has 0 aliphatic carbocycles. The fourth-order valence-electron chi connectivity index (χ4n) is 3.18. The summed E-state index contributed by atoms with van der Waals surface area (Å²) in [7, 11) is -2.47. The first-order chi connectivity index (χ1) is 14.8. The number of alkyl carbamates (subject to hydrolysis) is 1. The number of nitrogens with one attached hydrogen (secondary N) is 2. The maximum absolute atomic E-state index is 12.9. The zero-order valence-electron chi connectivity index (χ0n) is 16.9. The zero-order chi connectivity index (χ0) is 22.4. The van der Waals surface area contributed by atoms with Gasteiger partial charge in [0.1, 0.15) is 5.00 Å². The average molecular weight is 466 g/mol. The third-order valence-corrected chi connectivity index (χ3v) is 7.60. The highest BCUT2D eigenvalue weighted by atomic mass is 32.2. The average Bonchev–Trinajstić information content (AvgIpc) is 3.04. The number of carbonyl (C=O) groups excluding carboxylic acids is 3. The first kappa shape index (κ1) is 22.9. The molecule has 9 nitrogen and oxygen atoms in total. The van der Waals surface area contributed by atoms with Gasteiger partial charge in [0.05, 0.1) is 17.6 Å². The maximum Gasteiger partial charge on any atom is 0.413 e. The van der Waals surface area contributed by atoms with Gasteiger partial charge in [0.25, 0.3) is 11.8 Å². The van der Waals surface area contributed by atoms with Crippen LogP contribution in [0.4, 0.5) is 9.80 Å². The third kappa shape index (κ3) is 5.49. The Hall–Kier alpha value is -2.76. The van der Waals surface area contributed by atoms with E-state index in [-0.39, 0.29) is 21.0 Å². The summed E-state index contributed by atoms with van der Waals surface area (Å²) in [5, 5.41) is 6.50. The second-order valence-electron chi connectivity index (χ2n) is 6.91. The summed E-state index contributed by atoms with van der Waals surface area (Å²) >= 11 is 1.12. The Balaban J connectivity index is 1.71. The molecule has 0 spiro atoms. The molecule has 1 aromatic carbocycles. The van der Waals surface area contributed by atoms with Crippen molar-refractivity contribution in [1.29, 1.82) is 0 Å². The van der Waals surface area contributed by atoms with Gasteiger partial charge in [-0.25, -0.2) is 13.2 Å². The molecule has 0 unspecified atom stereocenters. The number of anilines is 1. The van der Waals surface area contributed by atoms with Crippen LogP contribution < -0.4 is 10.6 Å². The molecule has 0 atom stereocenters. The molecule has 0 bridgehead atoms. The van der Waals surface area contributed by atoms with Crippen LogP contribution in [0, 0.1) is 0 Å². The van der Waals surface area contributed by atoms with Crippen LogP contribution in [0.2, 0.25) is 0 Å². The maximum atomic E-state index is 12.9. The van der Waals surface area contributed by atoms with E-state index in [2.05, 4.69) is 10.1 Å². The van der Waals surface area contributed by atoms with Crippen LogP contribution in [-0.2, 0) is 14.8 Å². The largest absolute Gasteiger partial charge is 0.453 e. The molecule has 1 aliphatic heterocycles. The number of imide groups is 1. The monoisotopic (exact) mass is 465 g/mol. The van der Waals surface area contributed by atoms with Gasteiger partial charge in [0.15, 0.2) is 0 Å². The van der Waals surface area contributed by atoms with Crippen molar-refractivity contribution < 1.29 is 27.5 Å². The summed E-state index contributed by atoms with van der Waals surface area (Å²) in [5.74, 6) is -1.21. The minimum atomic E-state index is -3.60. The predicted octanol–water partition coefficient (Wildman–Crippen LogP) is 3.06. The Bertz CT molecular complexity index is 1050. The Morgan fingerprint density at radius 3 is 2.23 bits per heavy atom. The number of benzene rings is 1. The van der Waals surface area contributed by atoms with Crippen molar-refractivity contribution in [2.75, 3.05) is 25.5 Å². The summed E-state index contributed by atoms with van der Waals surface area (Å²) < 4.78 is 31.6. The van der Waals surface area contributed by atoms with Gasteiger partial charge in [-0.05, 0) is 48.6 Å². The minimum absolute atomic E-state index is 0.115. The first-order valence-electron chi connectivity index (χ1n) is 9.71. The number of thiophene rings is 1. The Labute approximate surface area is 184 Å². The topological polar surface area (TPSA) is 122 Å². The van der Waals surface area contributed by atoms with Gasteiger partial charge >= 0.3 is 6.09 Å². The number of nitrogens with zero attached hydrogens (tertiary/aromatic N) is 1. The van der Waals surface area contributed by atoms with E-state index in [4.69, 9.17) is 0 Å². The predicted molar refractivity (Wildman–Crippen MR) is 116 cm³/mol. The molecule has 11 heteroatoms. The van der Waals surface area contributed by atoms with Gasteiger partial charge in [0, 0.05) is 18.7 Å². The Kier molecular flexibility index (Phi) is 7.42. The minimum Gasteiger partial charge on any atom is -0.453 e. The normalized spacial score (nSPS) is 15.0. The molecule has 1 aliphatic rings. The van der Waals surface area contributed by atoms with Gasteiger partial charge in [-0.1, -0.05) is 12.8 Å². The van der Waals surface area contributed by atoms with Crippen LogP contribution in [-0.4, -0.2) is 50.8 Å². The van der Waals surface area contributed by atoms with E-state index in [0.717, 1.165) is 44.1 Å². The van der Waals surface area contributed by atoms with E-state index >= 15 is 0 Å². The molecule has 0 radical (unpaired) electrons. The number of rotatable bonds is 5. The van der Waals surface area contributed by atoms with E-state index in [0.29, 0.717) is 13.1 Å². The number of amides is 3. The van der Waals surface area contributed by atoms with Crippen molar-refractivity contribution in [3.05, 3.63) is 46.8 Å². The number of carbonyl (C=O) groups is 3. The molecule has 1 aromatic heterocycles. The third-order valence-electron chi connectivity index (χ3n) is 4.86. The summed E-state index contributed by atoms with van der Waals surface area (Å²) in [6.45, 7) is 0.999. The standard InChI is InChI=1S/C20H23N3O6S2/c1-29-20(26)22-18(25)16-10-13-30-19(16)21-17(24)14-6-8-15(9-7-14)31(27,28)23-11-4-2-3-5-12-23/h6-10,13H,2-5,11-12H2,1H3,(H,21,24)(H,22,25,26). The SMILES string of the molecule is COC(=O)NC(=O)c1ccsc1NC(=O)c1ccc(S(=O)(=O)N2CCCCCC2)cc1. The van der Waals surface area contributed by atoms with Crippen LogP contribution in [0.1, 0.15) is 46.4 Å². The molecule has 2 heterocycles. The number of sulfonamides is 1. The van der Waals surface area contributed by atoms with Crippen LogP contribution in [0.5, 0.6) is 0 Å². The summed E-state index contributed by atoms with van der Waals surface area (Å²) in [4.78, 5) is 36.1.